The molecule has 184 valence electrons. The Morgan fingerprint density at radius 3 is 2.54 bits per heavy atom. The van der Waals surface area contributed by atoms with Crippen LogP contribution in [-0.4, -0.2) is 23.2 Å². The van der Waals surface area contributed by atoms with Crippen molar-refractivity contribution in [2.75, 3.05) is 6.61 Å². The van der Waals surface area contributed by atoms with Gasteiger partial charge < -0.3 is 9.47 Å². The van der Waals surface area contributed by atoms with E-state index in [1.54, 1.807) is 11.5 Å². The summed E-state index contributed by atoms with van der Waals surface area (Å²) in [5.74, 6) is 0.961. The minimum Gasteiger partial charge on any atom is -0.494 e. The number of fused-ring (bicyclic) bond motifs is 1. The summed E-state index contributed by atoms with van der Waals surface area (Å²) in [5.41, 5.74) is 1.70. The van der Waals surface area contributed by atoms with Crippen LogP contribution in [0.25, 0.3) is 6.08 Å². The van der Waals surface area contributed by atoms with Crippen molar-refractivity contribution < 1.29 is 14.3 Å². The summed E-state index contributed by atoms with van der Waals surface area (Å²) in [6.07, 6.45) is 2.59. The first kappa shape index (κ1) is 25.1. The molecule has 6 nitrogen and oxygen atoms in total. The van der Waals surface area contributed by atoms with Crippen molar-refractivity contribution in [2.45, 2.75) is 53.2 Å². The van der Waals surface area contributed by atoms with Crippen LogP contribution in [0.1, 0.15) is 57.5 Å². The smallest absolute Gasteiger partial charge is 0.338 e. The highest BCUT2D eigenvalue weighted by atomic mass is 32.1. The first-order valence-electron chi connectivity index (χ1n) is 11.7. The molecule has 0 fully saturated rings. The lowest BCUT2D eigenvalue weighted by molar-refractivity contribution is -0.143. The number of allylic oxidation sites excluding steroid dienone is 1. The second kappa shape index (κ2) is 10.7. The van der Waals surface area contributed by atoms with Crippen LogP contribution < -0.4 is 19.6 Å². The number of thiazole rings is 1. The van der Waals surface area contributed by atoms with Gasteiger partial charge in [0, 0.05) is 4.88 Å². The molecule has 1 atom stereocenters. The van der Waals surface area contributed by atoms with E-state index in [9.17, 15) is 9.59 Å². The number of nitrogens with zero attached hydrogens (tertiary/aromatic N) is 2. The molecule has 3 heterocycles. The van der Waals surface area contributed by atoms with Crippen LogP contribution in [0.3, 0.4) is 0 Å². The van der Waals surface area contributed by atoms with Crippen LogP contribution in [0.15, 0.2) is 62.8 Å². The SMILES string of the molecule is CC1=C(C(=O)OC(C)C)C(c2cccs2)n2c(sc(=Cc3ccc(OCCC(C)C)cc3)c2=O)=N1. The van der Waals surface area contributed by atoms with Gasteiger partial charge in [-0.05, 0) is 68.3 Å². The topological polar surface area (TPSA) is 69.9 Å². The molecule has 0 radical (unpaired) electrons. The van der Waals surface area contributed by atoms with Crippen LogP contribution in [0.5, 0.6) is 5.75 Å². The molecule has 0 saturated carbocycles. The molecule has 0 N–H and O–H groups in total. The third-order valence-corrected chi connectivity index (χ3v) is 7.45. The van der Waals surface area contributed by atoms with Gasteiger partial charge in [-0.15, -0.1) is 11.3 Å². The van der Waals surface area contributed by atoms with Gasteiger partial charge in [-0.1, -0.05) is 43.4 Å². The number of hydrogen-bond donors (Lipinski definition) is 0. The molecular formula is C27H30N2O4S2. The molecule has 2 aromatic heterocycles. The number of thiophene rings is 1. The maximum absolute atomic E-state index is 13.6. The van der Waals surface area contributed by atoms with Crippen molar-refractivity contribution in [3.63, 3.8) is 0 Å². The predicted octanol–water partition coefficient (Wildman–Crippen LogP) is 4.67. The third kappa shape index (κ3) is 5.65. The zero-order valence-electron chi connectivity index (χ0n) is 20.6. The Balaban J connectivity index is 1.72. The number of benzene rings is 1. The first-order valence-corrected chi connectivity index (χ1v) is 13.4. The van der Waals surface area contributed by atoms with Gasteiger partial charge in [0.25, 0.3) is 5.56 Å². The van der Waals surface area contributed by atoms with E-state index < -0.39 is 12.0 Å². The zero-order valence-corrected chi connectivity index (χ0v) is 22.2. The fourth-order valence-electron chi connectivity index (χ4n) is 3.80. The second-order valence-electron chi connectivity index (χ2n) is 9.15. The van der Waals surface area contributed by atoms with Crippen LogP contribution in [0.2, 0.25) is 0 Å². The van der Waals surface area contributed by atoms with E-state index in [2.05, 4.69) is 18.8 Å². The largest absolute Gasteiger partial charge is 0.494 e. The summed E-state index contributed by atoms with van der Waals surface area (Å²) in [5, 5.41) is 1.94. The number of hydrogen-bond acceptors (Lipinski definition) is 7. The molecule has 1 aromatic carbocycles. The fraction of sp³-hybridized carbons (Fsp3) is 0.370. The van der Waals surface area contributed by atoms with Crippen molar-refractivity contribution in [3.8, 4) is 5.75 Å². The molecule has 4 rings (SSSR count). The zero-order chi connectivity index (χ0) is 25.1. The van der Waals surface area contributed by atoms with Gasteiger partial charge >= 0.3 is 5.97 Å². The van der Waals surface area contributed by atoms with Gasteiger partial charge in [0.2, 0.25) is 0 Å². The summed E-state index contributed by atoms with van der Waals surface area (Å²) in [4.78, 5) is 32.7. The highest BCUT2D eigenvalue weighted by molar-refractivity contribution is 7.10. The van der Waals surface area contributed by atoms with E-state index >= 15 is 0 Å². The molecule has 0 aliphatic carbocycles. The van der Waals surface area contributed by atoms with E-state index in [1.165, 1.54) is 22.7 Å². The minimum atomic E-state index is -0.559. The Hall–Kier alpha value is -2.97. The fourth-order valence-corrected chi connectivity index (χ4v) is 5.67. The molecule has 1 aliphatic rings. The molecule has 35 heavy (non-hydrogen) atoms. The lowest BCUT2D eigenvalue weighted by atomic mass is 10.0. The van der Waals surface area contributed by atoms with Crippen LogP contribution >= 0.6 is 22.7 Å². The molecule has 0 amide bonds. The average Bonchev–Trinajstić information content (AvgIpc) is 3.42. The van der Waals surface area contributed by atoms with Crippen molar-refractivity contribution >= 4 is 34.7 Å². The summed E-state index contributed by atoms with van der Waals surface area (Å²) in [6, 6.07) is 11.0. The van der Waals surface area contributed by atoms with E-state index in [-0.39, 0.29) is 11.7 Å². The second-order valence-corrected chi connectivity index (χ2v) is 11.1. The molecule has 3 aromatic rings. The first-order chi connectivity index (χ1) is 16.7. The Labute approximate surface area is 212 Å². The quantitative estimate of drug-likeness (QED) is 0.413. The minimum absolute atomic E-state index is 0.174. The predicted molar refractivity (Wildman–Crippen MR) is 141 cm³/mol. The highest BCUT2D eigenvalue weighted by Gasteiger charge is 2.34. The van der Waals surface area contributed by atoms with E-state index in [0.29, 0.717) is 33.1 Å². The van der Waals surface area contributed by atoms with E-state index in [4.69, 9.17) is 9.47 Å². The summed E-state index contributed by atoms with van der Waals surface area (Å²) < 4.78 is 13.5. The summed E-state index contributed by atoms with van der Waals surface area (Å²) in [6.45, 7) is 10.4. The molecular weight excluding hydrogens is 480 g/mol. The van der Waals surface area contributed by atoms with Gasteiger partial charge in [0.15, 0.2) is 4.80 Å². The van der Waals surface area contributed by atoms with Crippen molar-refractivity contribution in [1.82, 2.24) is 4.57 Å². The Morgan fingerprint density at radius 1 is 1.17 bits per heavy atom. The Morgan fingerprint density at radius 2 is 1.91 bits per heavy atom. The van der Waals surface area contributed by atoms with E-state index in [1.807, 2.05) is 61.7 Å². The van der Waals surface area contributed by atoms with Gasteiger partial charge in [-0.25, -0.2) is 9.79 Å². The third-order valence-electron chi connectivity index (χ3n) is 5.54. The molecule has 1 unspecified atom stereocenters. The number of carbonyl (C=O) groups is 1. The maximum atomic E-state index is 13.6. The van der Waals surface area contributed by atoms with Crippen LogP contribution in [-0.2, 0) is 9.53 Å². The normalized spacial score (nSPS) is 16.0. The number of carbonyl (C=O) groups excluding carboxylic acids is 1. The Bertz CT molecular complexity index is 1390. The lowest BCUT2D eigenvalue weighted by Gasteiger charge is -2.24. The highest BCUT2D eigenvalue weighted by Crippen LogP contribution is 2.33. The van der Waals surface area contributed by atoms with Crippen molar-refractivity contribution in [1.29, 1.82) is 0 Å². The van der Waals surface area contributed by atoms with Crippen LogP contribution in [0.4, 0.5) is 0 Å². The van der Waals surface area contributed by atoms with Crippen LogP contribution in [0, 0.1) is 5.92 Å². The summed E-state index contributed by atoms with van der Waals surface area (Å²) >= 11 is 2.83. The number of esters is 1. The molecule has 1 aliphatic heterocycles. The van der Waals surface area contributed by atoms with Gasteiger partial charge in [-0.3, -0.25) is 9.36 Å². The van der Waals surface area contributed by atoms with Gasteiger partial charge in [0.05, 0.1) is 28.5 Å². The lowest BCUT2D eigenvalue weighted by Crippen LogP contribution is -2.39. The van der Waals surface area contributed by atoms with Gasteiger partial charge in [0.1, 0.15) is 11.8 Å². The maximum Gasteiger partial charge on any atom is 0.338 e. The Kier molecular flexibility index (Phi) is 7.72. The monoisotopic (exact) mass is 510 g/mol. The van der Waals surface area contributed by atoms with E-state index in [0.717, 1.165) is 22.6 Å². The molecule has 0 spiro atoms. The summed E-state index contributed by atoms with van der Waals surface area (Å²) in [7, 11) is 0. The van der Waals surface area contributed by atoms with Crippen molar-refractivity contribution in [2.24, 2.45) is 10.9 Å². The molecule has 8 heteroatoms. The van der Waals surface area contributed by atoms with Gasteiger partial charge in [-0.2, -0.15) is 0 Å². The van der Waals surface area contributed by atoms with Crippen molar-refractivity contribution in [3.05, 3.63) is 83.2 Å². The molecule has 0 saturated heterocycles. The molecule has 0 bridgehead atoms. The average molecular weight is 511 g/mol. The number of ether oxygens (including phenoxy) is 2. The number of rotatable bonds is 8. The standard InChI is InChI=1S/C27H30N2O4S2/c1-16(2)12-13-32-20-10-8-19(9-11-20)15-22-25(30)29-24(21-7-6-14-34-21)23(26(31)33-17(3)4)18(5)28-27(29)35-22/h6-11,14-17,24H,12-13H2,1-5H3. The number of aromatic nitrogens is 1.